The maximum Gasteiger partial charge on any atom is 0.291 e. The number of amides is 2. The number of thiophene rings is 1. The van der Waals surface area contributed by atoms with Gasteiger partial charge >= 0.3 is 0 Å². The van der Waals surface area contributed by atoms with Crippen LogP contribution in [0, 0.1) is 0 Å². The predicted molar refractivity (Wildman–Crippen MR) is 102 cm³/mol. The van der Waals surface area contributed by atoms with Gasteiger partial charge in [0.15, 0.2) is 5.76 Å². The van der Waals surface area contributed by atoms with Gasteiger partial charge in [-0.05, 0) is 49.4 Å². The highest BCUT2D eigenvalue weighted by Gasteiger charge is 2.15. The lowest BCUT2D eigenvalue weighted by Crippen LogP contribution is -2.11. The van der Waals surface area contributed by atoms with Crippen LogP contribution in [0.5, 0.6) is 5.75 Å². The number of rotatable bonds is 6. The number of hydrogen-bond donors (Lipinski definition) is 2. The molecular formula is C18H15ClN2O4S. The minimum Gasteiger partial charge on any atom is -0.492 e. The van der Waals surface area contributed by atoms with Gasteiger partial charge in [-0.2, -0.15) is 0 Å². The number of nitrogens with one attached hydrogen (secondary N) is 2. The summed E-state index contributed by atoms with van der Waals surface area (Å²) in [6, 6.07) is 11.5. The molecule has 0 spiro atoms. The second kappa shape index (κ2) is 8.07. The molecule has 0 saturated carbocycles. The van der Waals surface area contributed by atoms with Gasteiger partial charge in [0.05, 0.1) is 28.4 Å². The topological polar surface area (TPSA) is 80.6 Å². The Morgan fingerprint density at radius 2 is 2.00 bits per heavy atom. The maximum atomic E-state index is 12.5. The van der Waals surface area contributed by atoms with E-state index in [1.165, 1.54) is 6.26 Å². The molecule has 6 nitrogen and oxygen atoms in total. The van der Waals surface area contributed by atoms with Crippen molar-refractivity contribution in [2.45, 2.75) is 6.92 Å². The fourth-order valence-electron chi connectivity index (χ4n) is 2.17. The first-order chi connectivity index (χ1) is 12.6. The molecule has 3 rings (SSSR count). The Balaban J connectivity index is 1.70. The van der Waals surface area contributed by atoms with Crippen molar-refractivity contribution < 1.29 is 18.7 Å². The van der Waals surface area contributed by atoms with E-state index >= 15 is 0 Å². The molecule has 0 bridgehead atoms. The minimum atomic E-state index is -0.378. The van der Waals surface area contributed by atoms with E-state index in [-0.39, 0.29) is 17.6 Å². The average Bonchev–Trinajstić information content (AvgIpc) is 3.29. The first-order valence-corrected chi connectivity index (χ1v) is 8.94. The van der Waals surface area contributed by atoms with E-state index in [1.54, 1.807) is 42.5 Å². The van der Waals surface area contributed by atoms with Crippen LogP contribution in [-0.2, 0) is 0 Å². The SMILES string of the molecule is CCOc1ccc(Cl)cc1NC(=O)c1ccc(NC(=O)c2ccco2)s1. The Kier molecular flexibility index (Phi) is 5.60. The van der Waals surface area contributed by atoms with E-state index in [2.05, 4.69) is 10.6 Å². The molecule has 8 heteroatoms. The van der Waals surface area contributed by atoms with Gasteiger partial charge in [-0.3, -0.25) is 9.59 Å². The van der Waals surface area contributed by atoms with Crippen molar-refractivity contribution in [2.75, 3.05) is 17.2 Å². The molecule has 0 aliphatic heterocycles. The smallest absolute Gasteiger partial charge is 0.291 e. The molecule has 2 aromatic heterocycles. The van der Waals surface area contributed by atoms with Crippen LogP contribution in [0.1, 0.15) is 27.2 Å². The lowest BCUT2D eigenvalue weighted by atomic mass is 10.3. The first kappa shape index (κ1) is 18.0. The van der Waals surface area contributed by atoms with E-state index < -0.39 is 0 Å². The highest BCUT2D eigenvalue weighted by atomic mass is 35.5. The van der Waals surface area contributed by atoms with Crippen LogP contribution in [0.2, 0.25) is 5.02 Å². The molecule has 0 unspecified atom stereocenters. The third-order valence-electron chi connectivity index (χ3n) is 3.30. The van der Waals surface area contributed by atoms with E-state index in [9.17, 15) is 9.59 Å². The van der Waals surface area contributed by atoms with Gasteiger partial charge in [-0.15, -0.1) is 11.3 Å². The predicted octanol–water partition coefficient (Wildman–Crippen LogP) is 4.90. The number of carbonyl (C=O) groups excluding carboxylic acids is 2. The van der Waals surface area contributed by atoms with E-state index in [4.69, 9.17) is 20.8 Å². The highest BCUT2D eigenvalue weighted by Crippen LogP contribution is 2.30. The number of carbonyl (C=O) groups is 2. The Morgan fingerprint density at radius 3 is 2.73 bits per heavy atom. The van der Waals surface area contributed by atoms with Gasteiger partial charge in [0, 0.05) is 5.02 Å². The number of ether oxygens (including phenoxy) is 1. The summed E-state index contributed by atoms with van der Waals surface area (Å²) in [6.07, 6.45) is 1.42. The largest absolute Gasteiger partial charge is 0.492 e. The summed E-state index contributed by atoms with van der Waals surface area (Å²) < 4.78 is 10.5. The van der Waals surface area contributed by atoms with E-state index in [0.29, 0.717) is 32.9 Å². The second-order valence-electron chi connectivity index (χ2n) is 5.12. The standard InChI is InChI=1S/C18H15ClN2O4S/c1-2-24-13-6-5-11(19)10-12(13)20-18(23)15-7-8-16(26-15)21-17(22)14-4-3-9-25-14/h3-10H,2H2,1H3,(H,20,23)(H,21,22). The van der Waals surface area contributed by atoms with Crippen molar-refractivity contribution in [2.24, 2.45) is 0 Å². The molecule has 2 heterocycles. The van der Waals surface area contributed by atoms with Crippen LogP contribution < -0.4 is 15.4 Å². The van der Waals surface area contributed by atoms with Gasteiger partial charge in [-0.25, -0.2) is 0 Å². The van der Waals surface area contributed by atoms with Gasteiger partial charge in [0.1, 0.15) is 5.75 Å². The summed E-state index contributed by atoms with van der Waals surface area (Å²) in [7, 11) is 0. The van der Waals surface area contributed by atoms with Gasteiger partial charge < -0.3 is 19.8 Å². The summed E-state index contributed by atoms with van der Waals surface area (Å²) in [6.45, 7) is 2.32. The van der Waals surface area contributed by atoms with Crippen LogP contribution in [-0.4, -0.2) is 18.4 Å². The highest BCUT2D eigenvalue weighted by molar-refractivity contribution is 7.18. The first-order valence-electron chi connectivity index (χ1n) is 7.75. The Hall–Kier alpha value is -2.77. The minimum absolute atomic E-state index is 0.199. The van der Waals surface area contributed by atoms with Crippen molar-refractivity contribution in [1.29, 1.82) is 0 Å². The Morgan fingerprint density at radius 1 is 1.15 bits per heavy atom. The monoisotopic (exact) mass is 390 g/mol. The summed E-state index contributed by atoms with van der Waals surface area (Å²) in [5.41, 5.74) is 0.485. The summed E-state index contributed by atoms with van der Waals surface area (Å²) in [5, 5.41) is 6.48. The van der Waals surface area contributed by atoms with Crippen LogP contribution in [0.15, 0.2) is 53.1 Å². The van der Waals surface area contributed by atoms with Crippen LogP contribution >= 0.6 is 22.9 Å². The molecule has 2 N–H and O–H groups in total. The number of benzene rings is 1. The van der Waals surface area contributed by atoms with Crippen molar-refractivity contribution >= 4 is 45.4 Å². The zero-order chi connectivity index (χ0) is 18.5. The van der Waals surface area contributed by atoms with Crippen molar-refractivity contribution in [1.82, 2.24) is 0 Å². The van der Waals surface area contributed by atoms with E-state index in [1.807, 2.05) is 6.92 Å². The molecule has 3 aromatic rings. The third-order valence-corrected chi connectivity index (χ3v) is 4.54. The lowest BCUT2D eigenvalue weighted by molar-refractivity contribution is 0.0995. The van der Waals surface area contributed by atoms with Crippen molar-refractivity contribution in [3.05, 3.63) is 64.4 Å². The number of hydrogen-bond acceptors (Lipinski definition) is 5. The summed E-state index contributed by atoms with van der Waals surface area (Å²) in [4.78, 5) is 24.9. The summed E-state index contributed by atoms with van der Waals surface area (Å²) >= 11 is 7.15. The Labute approximate surface area is 158 Å². The van der Waals surface area contributed by atoms with Gasteiger partial charge in [0.2, 0.25) is 0 Å². The van der Waals surface area contributed by atoms with Crippen molar-refractivity contribution in [3.63, 3.8) is 0 Å². The van der Waals surface area contributed by atoms with Crippen LogP contribution in [0.25, 0.3) is 0 Å². The average molecular weight is 391 g/mol. The number of furan rings is 1. The summed E-state index contributed by atoms with van der Waals surface area (Å²) in [5.74, 6) is 0.0341. The fourth-order valence-corrected chi connectivity index (χ4v) is 3.14. The van der Waals surface area contributed by atoms with Gasteiger partial charge in [-0.1, -0.05) is 11.6 Å². The molecule has 134 valence electrons. The zero-order valence-electron chi connectivity index (χ0n) is 13.7. The molecule has 2 amide bonds. The van der Waals surface area contributed by atoms with Gasteiger partial charge in [0.25, 0.3) is 11.8 Å². The molecule has 0 saturated heterocycles. The normalized spacial score (nSPS) is 10.4. The van der Waals surface area contributed by atoms with Crippen LogP contribution in [0.3, 0.4) is 0 Å². The number of anilines is 2. The Bertz CT molecular complexity index is 921. The molecule has 0 aliphatic rings. The molecule has 0 fully saturated rings. The quantitative estimate of drug-likeness (QED) is 0.627. The molecule has 1 aromatic carbocycles. The molecule has 0 radical (unpaired) electrons. The molecule has 0 aliphatic carbocycles. The lowest BCUT2D eigenvalue weighted by Gasteiger charge is -2.11. The van der Waals surface area contributed by atoms with Crippen LogP contribution in [0.4, 0.5) is 10.7 Å². The van der Waals surface area contributed by atoms with E-state index in [0.717, 1.165) is 11.3 Å². The zero-order valence-corrected chi connectivity index (χ0v) is 15.3. The fraction of sp³-hybridized carbons (Fsp3) is 0.111. The number of halogens is 1. The maximum absolute atomic E-state index is 12.5. The molecular weight excluding hydrogens is 376 g/mol. The second-order valence-corrected chi connectivity index (χ2v) is 6.64. The third kappa shape index (κ3) is 4.25. The molecule has 0 atom stereocenters. The molecule has 26 heavy (non-hydrogen) atoms. The van der Waals surface area contributed by atoms with Crippen molar-refractivity contribution in [3.8, 4) is 5.75 Å².